The van der Waals surface area contributed by atoms with Crippen LogP contribution in [0.3, 0.4) is 0 Å². The number of nitrogens with one attached hydrogen (secondary N) is 3. The number of nitrogens with zero attached hydrogens (tertiary/aromatic N) is 1. The van der Waals surface area contributed by atoms with E-state index >= 15 is 0 Å². The molecule has 3 N–H and O–H groups in total. The van der Waals surface area contributed by atoms with Gasteiger partial charge in [0.25, 0.3) is 5.91 Å². The fourth-order valence-electron chi connectivity index (χ4n) is 2.72. The number of hydrogen-bond acceptors (Lipinski definition) is 6. The maximum Gasteiger partial charge on any atom is 0.417 e. The molecule has 34 heavy (non-hydrogen) atoms. The van der Waals surface area contributed by atoms with Crippen molar-refractivity contribution in [2.24, 2.45) is 0 Å². The van der Waals surface area contributed by atoms with E-state index < -0.39 is 45.5 Å². The van der Waals surface area contributed by atoms with Gasteiger partial charge in [0, 0.05) is 29.6 Å². The maximum atomic E-state index is 14.6. The zero-order valence-corrected chi connectivity index (χ0v) is 17.6. The summed E-state index contributed by atoms with van der Waals surface area (Å²) in [4.78, 5) is 27.6. The number of pyridine rings is 1. The quantitative estimate of drug-likeness (QED) is 0.228. The SMILES string of the molecule is N=CC(=O)c1cc(Oc2ccc(C(=N)C(=O)Nc3ccc(Cl)c(C(F)(F)F)c3)c(F)c2)ccn1. The molecule has 0 aliphatic carbocycles. The first-order valence-electron chi connectivity index (χ1n) is 9.25. The second-order valence-electron chi connectivity index (χ2n) is 6.65. The van der Waals surface area contributed by atoms with Crippen LogP contribution in [0.2, 0.25) is 5.02 Å². The summed E-state index contributed by atoms with van der Waals surface area (Å²) >= 11 is 5.53. The van der Waals surface area contributed by atoms with Crippen LogP contribution in [-0.4, -0.2) is 28.6 Å². The van der Waals surface area contributed by atoms with Gasteiger partial charge in [-0.2, -0.15) is 13.2 Å². The number of halogens is 5. The molecule has 0 saturated carbocycles. The van der Waals surface area contributed by atoms with E-state index in [0.29, 0.717) is 12.3 Å². The Morgan fingerprint density at radius 3 is 2.41 bits per heavy atom. The molecule has 0 fully saturated rings. The second kappa shape index (κ2) is 9.79. The van der Waals surface area contributed by atoms with Gasteiger partial charge in [0.15, 0.2) is 0 Å². The van der Waals surface area contributed by atoms with Gasteiger partial charge in [0.1, 0.15) is 28.7 Å². The highest BCUT2D eigenvalue weighted by molar-refractivity contribution is 6.47. The molecule has 7 nitrogen and oxygen atoms in total. The number of aromatic nitrogens is 1. The molecule has 174 valence electrons. The molecule has 1 amide bonds. The first-order chi connectivity index (χ1) is 16.0. The number of anilines is 1. The Morgan fingerprint density at radius 2 is 1.76 bits per heavy atom. The number of amides is 1. The van der Waals surface area contributed by atoms with Crippen molar-refractivity contribution >= 4 is 40.9 Å². The molecule has 0 spiro atoms. The Bertz CT molecular complexity index is 1310. The van der Waals surface area contributed by atoms with Crippen LogP contribution in [0.4, 0.5) is 23.2 Å². The van der Waals surface area contributed by atoms with Crippen molar-refractivity contribution in [3.05, 3.63) is 82.4 Å². The topological polar surface area (TPSA) is 116 Å². The number of alkyl halides is 3. The van der Waals surface area contributed by atoms with E-state index in [-0.39, 0.29) is 22.9 Å². The molecule has 0 bridgehead atoms. The lowest BCUT2D eigenvalue weighted by Gasteiger charge is -2.13. The van der Waals surface area contributed by atoms with Gasteiger partial charge >= 0.3 is 6.18 Å². The third-order valence-electron chi connectivity index (χ3n) is 4.32. The number of ketones is 1. The summed E-state index contributed by atoms with van der Waals surface area (Å²) < 4.78 is 59.0. The minimum atomic E-state index is -4.75. The van der Waals surface area contributed by atoms with Crippen molar-refractivity contribution in [2.45, 2.75) is 6.18 Å². The van der Waals surface area contributed by atoms with E-state index in [1.807, 2.05) is 0 Å². The first-order valence-corrected chi connectivity index (χ1v) is 9.62. The van der Waals surface area contributed by atoms with Crippen LogP contribution in [0.1, 0.15) is 21.6 Å². The standard InChI is InChI=1S/C22H13ClF4N4O3/c23-16-4-1-11(7-15(16)22(25,26)27)31-21(33)20(29)14-3-2-12(8-17(14)24)34-13-5-6-30-18(9-13)19(32)10-28/h1-10,28-29H,(H,31,33). The summed E-state index contributed by atoms with van der Waals surface area (Å²) in [6, 6.07) is 8.52. The molecule has 0 atom stereocenters. The zero-order chi connectivity index (χ0) is 25.0. The number of ether oxygens (including phenoxy) is 1. The lowest BCUT2D eigenvalue weighted by molar-refractivity contribution is -0.137. The number of Topliss-reactive ketones (excluding diaryl/α,β-unsaturated/α-hetero) is 1. The summed E-state index contributed by atoms with van der Waals surface area (Å²) in [6.07, 6.45) is -2.92. The highest BCUT2D eigenvalue weighted by Crippen LogP contribution is 2.36. The molecule has 1 aromatic heterocycles. The van der Waals surface area contributed by atoms with E-state index in [9.17, 15) is 27.2 Å². The van der Waals surface area contributed by atoms with E-state index in [4.69, 9.17) is 27.2 Å². The van der Waals surface area contributed by atoms with Gasteiger partial charge in [0.05, 0.1) is 16.8 Å². The molecular formula is C22H13ClF4N4O3. The Kier molecular flexibility index (Phi) is 7.06. The number of benzene rings is 2. The molecule has 2 aromatic carbocycles. The van der Waals surface area contributed by atoms with Crippen LogP contribution in [0.25, 0.3) is 0 Å². The van der Waals surface area contributed by atoms with Crippen LogP contribution in [0.5, 0.6) is 11.5 Å². The van der Waals surface area contributed by atoms with Crippen molar-refractivity contribution in [3.63, 3.8) is 0 Å². The van der Waals surface area contributed by atoms with Gasteiger partial charge in [0.2, 0.25) is 5.78 Å². The highest BCUT2D eigenvalue weighted by atomic mass is 35.5. The molecule has 3 aromatic rings. The van der Waals surface area contributed by atoms with Crippen LogP contribution >= 0.6 is 11.6 Å². The first kappa shape index (κ1) is 24.5. The van der Waals surface area contributed by atoms with Gasteiger partial charge in [-0.05, 0) is 36.4 Å². The Hall–Kier alpha value is -4.12. The van der Waals surface area contributed by atoms with Crippen LogP contribution in [-0.2, 0) is 11.0 Å². The normalized spacial score (nSPS) is 11.0. The van der Waals surface area contributed by atoms with E-state index in [1.165, 1.54) is 24.4 Å². The van der Waals surface area contributed by atoms with Crippen molar-refractivity contribution < 1.29 is 31.9 Å². The average Bonchev–Trinajstić information content (AvgIpc) is 2.79. The lowest BCUT2D eigenvalue weighted by Crippen LogP contribution is -2.24. The Labute approximate surface area is 194 Å². The minimum absolute atomic E-state index is 0.0265. The van der Waals surface area contributed by atoms with E-state index in [1.54, 1.807) is 0 Å². The van der Waals surface area contributed by atoms with Gasteiger partial charge in [-0.1, -0.05) is 11.6 Å². The molecule has 1 heterocycles. The van der Waals surface area contributed by atoms with Crippen LogP contribution < -0.4 is 10.1 Å². The largest absolute Gasteiger partial charge is 0.457 e. The van der Waals surface area contributed by atoms with Crippen molar-refractivity contribution in [3.8, 4) is 11.5 Å². The van der Waals surface area contributed by atoms with E-state index in [2.05, 4.69) is 10.3 Å². The molecule has 12 heteroatoms. The molecule has 0 radical (unpaired) electrons. The highest BCUT2D eigenvalue weighted by Gasteiger charge is 2.33. The van der Waals surface area contributed by atoms with Gasteiger partial charge in [-0.3, -0.25) is 20.0 Å². The third-order valence-corrected chi connectivity index (χ3v) is 4.65. The monoisotopic (exact) mass is 492 g/mol. The Balaban J connectivity index is 1.76. The number of carbonyl (C=O) groups is 2. The summed E-state index contributed by atoms with van der Waals surface area (Å²) in [5.41, 5.74) is -2.77. The van der Waals surface area contributed by atoms with Crippen molar-refractivity contribution in [2.75, 3.05) is 5.32 Å². The second-order valence-corrected chi connectivity index (χ2v) is 7.06. The third kappa shape index (κ3) is 5.62. The predicted octanol–water partition coefficient (Wildman–Crippen LogP) is 5.52. The van der Waals surface area contributed by atoms with Gasteiger partial charge < -0.3 is 15.5 Å². The molecular weight excluding hydrogens is 480 g/mol. The minimum Gasteiger partial charge on any atom is -0.457 e. The van der Waals surface area contributed by atoms with Gasteiger partial charge in [-0.25, -0.2) is 4.39 Å². The summed E-state index contributed by atoms with van der Waals surface area (Å²) in [5.74, 6) is -2.71. The molecule has 0 saturated heterocycles. The van der Waals surface area contributed by atoms with Gasteiger partial charge in [-0.15, -0.1) is 0 Å². The summed E-state index contributed by atoms with van der Waals surface area (Å²) in [7, 11) is 0. The molecule has 0 aliphatic rings. The summed E-state index contributed by atoms with van der Waals surface area (Å²) in [5, 5.41) is 16.4. The van der Waals surface area contributed by atoms with Crippen molar-refractivity contribution in [1.29, 1.82) is 10.8 Å². The number of hydrogen-bond donors (Lipinski definition) is 3. The lowest BCUT2D eigenvalue weighted by atomic mass is 10.1. The molecule has 3 rings (SSSR count). The van der Waals surface area contributed by atoms with Crippen LogP contribution in [0.15, 0.2) is 54.7 Å². The zero-order valence-electron chi connectivity index (χ0n) is 16.8. The van der Waals surface area contributed by atoms with E-state index in [0.717, 1.165) is 24.3 Å². The Morgan fingerprint density at radius 1 is 1.06 bits per heavy atom. The summed E-state index contributed by atoms with van der Waals surface area (Å²) in [6.45, 7) is 0. The van der Waals surface area contributed by atoms with Crippen LogP contribution in [0, 0.1) is 16.6 Å². The molecule has 0 aliphatic heterocycles. The fourth-order valence-corrected chi connectivity index (χ4v) is 2.94. The predicted molar refractivity (Wildman–Crippen MR) is 116 cm³/mol. The molecule has 0 unspecified atom stereocenters. The van der Waals surface area contributed by atoms with Crippen molar-refractivity contribution in [1.82, 2.24) is 4.98 Å². The maximum absolute atomic E-state index is 14.6. The number of carbonyl (C=O) groups excluding carboxylic acids is 2. The average molecular weight is 493 g/mol. The smallest absolute Gasteiger partial charge is 0.417 e. The number of rotatable bonds is 7. The fraction of sp³-hybridized carbons (Fsp3) is 0.0455.